The fourth-order valence-electron chi connectivity index (χ4n) is 2.51. The molecule has 0 bridgehead atoms. The van der Waals surface area contributed by atoms with E-state index >= 15 is 0 Å². The van der Waals surface area contributed by atoms with Gasteiger partial charge in [0.15, 0.2) is 6.10 Å². The van der Waals surface area contributed by atoms with Gasteiger partial charge >= 0.3 is 5.97 Å². The standard InChI is InChI=1S/C15H18ClNO4/c1-3-6-17-12(18)8-21-14(15(19)20)13(17)10-5-4-9(2)11(16)7-10/h4-5,7,13-14H,3,6,8H2,1-2H3,(H,19,20). The van der Waals surface area contributed by atoms with Crippen molar-refractivity contribution in [2.45, 2.75) is 32.4 Å². The number of carbonyl (C=O) groups excluding carboxylic acids is 1. The first-order chi connectivity index (χ1) is 9.95. The van der Waals surface area contributed by atoms with Gasteiger partial charge in [-0.3, -0.25) is 4.79 Å². The Morgan fingerprint density at radius 2 is 2.24 bits per heavy atom. The van der Waals surface area contributed by atoms with E-state index in [2.05, 4.69) is 0 Å². The Kier molecular flexibility index (Phi) is 4.85. The molecule has 6 heteroatoms. The lowest BCUT2D eigenvalue weighted by Gasteiger charge is -2.39. The minimum Gasteiger partial charge on any atom is -0.479 e. The molecule has 1 amide bonds. The lowest BCUT2D eigenvalue weighted by molar-refractivity contribution is -0.173. The van der Waals surface area contributed by atoms with Gasteiger partial charge in [0.05, 0.1) is 6.04 Å². The summed E-state index contributed by atoms with van der Waals surface area (Å²) >= 11 is 6.13. The van der Waals surface area contributed by atoms with Crippen molar-refractivity contribution < 1.29 is 19.4 Å². The summed E-state index contributed by atoms with van der Waals surface area (Å²) in [7, 11) is 0. The molecule has 0 aromatic heterocycles. The fraction of sp³-hybridized carbons (Fsp3) is 0.467. The number of carboxylic acids is 1. The molecule has 0 radical (unpaired) electrons. The Morgan fingerprint density at radius 3 is 2.81 bits per heavy atom. The molecule has 2 rings (SSSR count). The van der Waals surface area contributed by atoms with Crippen LogP contribution < -0.4 is 0 Å². The van der Waals surface area contributed by atoms with Gasteiger partial charge in [-0.2, -0.15) is 0 Å². The van der Waals surface area contributed by atoms with Gasteiger partial charge in [0.1, 0.15) is 6.61 Å². The van der Waals surface area contributed by atoms with Gasteiger partial charge in [0.2, 0.25) is 5.91 Å². The Morgan fingerprint density at radius 1 is 1.52 bits per heavy atom. The summed E-state index contributed by atoms with van der Waals surface area (Å²) < 4.78 is 5.23. The first kappa shape index (κ1) is 15.8. The number of hydrogen-bond donors (Lipinski definition) is 1. The number of carboxylic acid groups (broad SMARTS) is 1. The van der Waals surface area contributed by atoms with Crippen LogP contribution >= 0.6 is 11.6 Å². The molecule has 1 aliphatic rings. The van der Waals surface area contributed by atoms with Crippen LogP contribution in [0.15, 0.2) is 18.2 Å². The number of ether oxygens (including phenoxy) is 1. The zero-order valence-corrected chi connectivity index (χ0v) is 12.8. The van der Waals surface area contributed by atoms with Crippen molar-refractivity contribution in [3.63, 3.8) is 0 Å². The number of benzene rings is 1. The van der Waals surface area contributed by atoms with Gasteiger partial charge in [-0.25, -0.2) is 4.79 Å². The van der Waals surface area contributed by atoms with Crippen LogP contribution in [0.4, 0.5) is 0 Å². The molecule has 114 valence electrons. The highest BCUT2D eigenvalue weighted by atomic mass is 35.5. The molecule has 0 aliphatic carbocycles. The molecular weight excluding hydrogens is 294 g/mol. The number of hydrogen-bond acceptors (Lipinski definition) is 3. The number of rotatable bonds is 4. The van der Waals surface area contributed by atoms with E-state index in [1.54, 1.807) is 17.0 Å². The molecule has 0 spiro atoms. The molecule has 1 fully saturated rings. The SMILES string of the molecule is CCCN1C(=O)COC(C(=O)O)C1c1ccc(C)c(Cl)c1. The quantitative estimate of drug-likeness (QED) is 0.927. The second-order valence-corrected chi connectivity index (χ2v) is 5.52. The van der Waals surface area contributed by atoms with Crippen molar-refractivity contribution in [3.05, 3.63) is 34.3 Å². The maximum Gasteiger partial charge on any atom is 0.335 e. The number of aliphatic carboxylic acids is 1. The van der Waals surface area contributed by atoms with Crippen LogP contribution in [-0.4, -0.2) is 41.1 Å². The third-order valence-corrected chi connectivity index (χ3v) is 3.98. The van der Waals surface area contributed by atoms with Crippen molar-refractivity contribution in [1.82, 2.24) is 4.90 Å². The third kappa shape index (κ3) is 3.19. The molecule has 1 aromatic carbocycles. The summed E-state index contributed by atoms with van der Waals surface area (Å²) in [6.45, 7) is 4.10. The molecule has 1 heterocycles. The highest BCUT2D eigenvalue weighted by Crippen LogP contribution is 2.32. The van der Waals surface area contributed by atoms with E-state index in [0.717, 1.165) is 12.0 Å². The second kappa shape index (κ2) is 6.45. The number of aryl methyl sites for hydroxylation is 1. The van der Waals surface area contributed by atoms with Crippen molar-refractivity contribution in [3.8, 4) is 0 Å². The number of morpholine rings is 1. The summed E-state index contributed by atoms with van der Waals surface area (Å²) in [6, 6.07) is 4.68. The highest BCUT2D eigenvalue weighted by molar-refractivity contribution is 6.31. The zero-order chi connectivity index (χ0) is 15.6. The van der Waals surface area contributed by atoms with E-state index < -0.39 is 18.1 Å². The van der Waals surface area contributed by atoms with E-state index in [4.69, 9.17) is 16.3 Å². The highest BCUT2D eigenvalue weighted by Gasteiger charge is 2.41. The first-order valence-electron chi connectivity index (χ1n) is 6.85. The number of amides is 1. The molecule has 1 saturated heterocycles. The fourth-order valence-corrected chi connectivity index (χ4v) is 2.70. The molecule has 2 unspecified atom stereocenters. The van der Waals surface area contributed by atoms with E-state index in [1.807, 2.05) is 19.9 Å². The first-order valence-corrected chi connectivity index (χ1v) is 7.23. The molecule has 21 heavy (non-hydrogen) atoms. The van der Waals surface area contributed by atoms with Gasteiger partial charge in [0, 0.05) is 11.6 Å². The normalized spacial score (nSPS) is 22.4. The molecule has 1 N–H and O–H groups in total. The van der Waals surface area contributed by atoms with Crippen LogP contribution in [0, 0.1) is 6.92 Å². The molecule has 2 atom stereocenters. The summed E-state index contributed by atoms with van der Waals surface area (Å²) in [6.07, 6.45) is -0.332. The van der Waals surface area contributed by atoms with Crippen molar-refractivity contribution in [2.75, 3.05) is 13.2 Å². The lowest BCUT2D eigenvalue weighted by Crippen LogP contribution is -2.52. The smallest absolute Gasteiger partial charge is 0.335 e. The largest absolute Gasteiger partial charge is 0.479 e. The second-order valence-electron chi connectivity index (χ2n) is 5.11. The number of halogens is 1. The Labute approximate surface area is 128 Å². The van der Waals surface area contributed by atoms with Gasteiger partial charge in [-0.15, -0.1) is 0 Å². The summed E-state index contributed by atoms with van der Waals surface area (Å²) in [4.78, 5) is 25.1. The zero-order valence-electron chi connectivity index (χ0n) is 12.0. The maximum atomic E-state index is 12.1. The molecule has 1 aromatic rings. The van der Waals surface area contributed by atoms with E-state index in [0.29, 0.717) is 17.1 Å². The summed E-state index contributed by atoms with van der Waals surface area (Å²) in [5.74, 6) is -1.28. The number of nitrogens with zero attached hydrogens (tertiary/aromatic N) is 1. The van der Waals surface area contributed by atoms with Crippen LogP contribution in [0.3, 0.4) is 0 Å². The molecule has 1 aliphatic heterocycles. The minimum atomic E-state index is -1.08. The van der Waals surface area contributed by atoms with Crippen molar-refractivity contribution >= 4 is 23.5 Å². The van der Waals surface area contributed by atoms with E-state index in [1.165, 1.54) is 0 Å². The minimum absolute atomic E-state index is 0.198. The summed E-state index contributed by atoms with van der Waals surface area (Å²) in [5, 5.41) is 9.92. The Bertz CT molecular complexity index is 561. The van der Waals surface area contributed by atoms with Crippen LogP contribution in [-0.2, 0) is 14.3 Å². The monoisotopic (exact) mass is 311 g/mol. The summed E-state index contributed by atoms with van der Waals surface area (Å²) in [5.41, 5.74) is 1.58. The third-order valence-electron chi connectivity index (χ3n) is 3.57. The van der Waals surface area contributed by atoms with Crippen molar-refractivity contribution in [2.24, 2.45) is 0 Å². The average molecular weight is 312 g/mol. The van der Waals surface area contributed by atoms with Crippen LogP contribution in [0.5, 0.6) is 0 Å². The predicted molar refractivity (Wildman–Crippen MR) is 78.3 cm³/mol. The predicted octanol–water partition coefficient (Wildman–Crippen LogP) is 2.41. The van der Waals surface area contributed by atoms with Gasteiger partial charge < -0.3 is 14.7 Å². The Hall–Kier alpha value is -1.59. The topological polar surface area (TPSA) is 66.8 Å². The van der Waals surface area contributed by atoms with Gasteiger partial charge in [0.25, 0.3) is 0 Å². The van der Waals surface area contributed by atoms with E-state index in [9.17, 15) is 14.7 Å². The Balaban J connectivity index is 2.45. The molecular formula is C15H18ClNO4. The average Bonchev–Trinajstić information content (AvgIpc) is 2.44. The lowest BCUT2D eigenvalue weighted by atomic mass is 9.96. The van der Waals surface area contributed by atoms with Crippen LogP contribution in [0.25, 0.3) is 0 Å². The van der Waals surface area contributed by atoms with Gasteiger partial charge in [-0.1, -0.05) is 30.7 Å². The maximum absolute atomic E-state index is 12.1. The van der Waals surface area contributed by atoms with E-state index in [-0.39, 0.29) is 12.5 Å². The number of carbonyl (C=O) groups is 2. The van der Waals surface area contributed by atoms with Crippen LogP contribution in [0.1, 0.15) is 30.5 Å². The van der Waals surface area contributed by atoms with Crippen LogP contribution in [0.2, 0.25) is 5.02 Å². The van der Waals surface area contributed by atoms with Crippen molar-refractivity contribution in [1.29, 1.82) is 0 Å². The molecule has 0 saturated carbocycles. The van der Waals surface area contributed by atoms with Gasteiger partial charge in [-0.05, 0) is 30.5 Å². The molecule has 5 nitrogen and oxygen atoms in total.